The molecular weight excluding hydrogens is 446 g/mol. The molecule has 0 aliphatic carbocycles. The molecule has 172 valence electrons. The van der Waals surface area contributed by atoms with Crippen LogP contribution in [0.3, 0.4) is 0 Å². The number of aromatic nitrogens is 2. The lowest BCUT2D eigenvalue weighted by molar-refractivity contribution is -0.134. The van der Waals surface area contributed by atoms with Gasteiger partial charge in [0.25, 0.3) is 5.91 Å². The molecule has 1 aliphatic heterocycles. The Morgan fingerprint density at radius 1 is 1.15 bits per heavy atom. The van der Waals surface area contributed by atoms with Crippen molar-refractivity contribution in [2.75, 3.05) is 26.8 Å². The van der Waals surface area contributed by atoms with Gasteiger partial charge in [-0.2, -0.15) is 4.98 Å². The van der Waals surface area contributed by atoms with Crippen molar-refractivity contribution in [2.45, 2.75) is 23.7 Å². The first-order valence-electron chi connectivity index (χ1n) is 10.3. The molecule has 1 atom stereocenters. The Hall–Kier alpha value is -3.53. The summed E-state index contributed by atoms with van der Waals surface area (Å²) in [6.07, 6.45) is -0.310. The molecule has 3 aromatic rings. The third-order valence-electron chi connectivity index (χ3n) is 4.83. The fourth-order valence-electron chi connectivity index (χ4n) is 3.17. The number of para-hydroxylation sites is 2. The highest BCUT2D eigenvalue weighted by molar-refractivity contribution is 7.98. The maximum Gasteiger partial charge on any atom is 0.339 e. The number of esters is 1. The van der Waals surface area contributed by atoms with E-state index in [2.05, 4.69) is 10.1 Å². The zero-order chi connectivity index (χ0) is 23.2. The third kappa shape index (κ3) is 5.83. The fourth-order valence-corrected chi connectivity index (χ4v) is 4.05. The summed E-state index contributed by atoms with van der Waals surface area (Å²) in [4.78, 5) is 31.5. The molecule has 10 heteroatoms. The first kappa shape index (κ1) is 22.7. The number of fused-ring (bicyclic) bond motifs is 1. The highest BCUT2D eigenvalue weighted by atomic mass is 32.2. The second kappa shape index (κ2) is 10.4. The van der Waals surface area contributed by atoms with E-state index in [0.29, 0.717) is 52.6 Å². The Morgan fingerprint density at radius 2 is 1.91 bits per heavy atom. The third-order valence-corrected chi connectivity index (χ3v) is 5.88. The van der Waals surface area contributed by atoms with Crippen LogP contribution in [0.15, 0.2) is 57.9 Å². The van der Waals surface area contributed by atoms with E-state index in [-0.39, 0.29) is 18.6 Å². The van der Waals surface area contributed by atoms with E-state index in [1.165, 1.54) is 16.7 Å². The topological polar surface area (TPSA) is 104 Å². The molecule has 0 N–H and O–H groups in total. The minimum Gasteiger partial charge on any atom is -0.486 e. The van der Waals surface area contributed by atoms with E-state index in [0.717, 1.165) is 0 Å². The Kier molecular flexibility index (Phi) is 7.13. The average molecular weight is 470 g/mol. The largest absolute Gasteiger partial charge is 0.486 e. The van der Waals surface area contributed by atoms with Crippen LogP contribution in [0.4, 0.5) is 0 Å². The van der Waals surface area contributed by atoms with Crippen LogP contribution >= 0.6 is 11.8 Å². The SMILES string of the molecule is Cc1noc(CSc2ccccc2C(=O)OCC(=O)N(C)CC2COc3ccccc3O2)n1. The average Bonchev–Trinajstić information content (AvgIpc) is 3.26. The van der Waals surface area contributed by atoms with Gasteiger partial charge < -0.3 is 23.6 Å². The number of nitrogens with zero attached hydrogens (tertiary/aromatic N) is 3. The van der Waals surface area contributed by atoms with Gasteiger partial charge in [0.05, 0.1) is 17.9 Å². The number of hydrogen-bond donors (Lipinski definition) is 0. The lowest BCUT2D eigenvalue weighted by atomic mass is 10.2. The van der Waals surface area contributed by atoms with Gasteiger partial charge in [-0.1, -0.05) is 29.4 Å². The summed E-state index contributed by atoms with van der Waals surface area (Å²) in [5, 5.41) is 3.75. The Labute approximate surface area is 195 Å². The Balaban J connectivity index is 1.28. The van der Waals surface area contributed by atoms with Crippen molar-refractivity contribution in [3.8, 4) is 11.5 Å². The fraction of sp³-hybridized carbons (Fsp3) is 0.304. The number of amides is 1. The van der Waals surface area contributed by atoms with Crippen LogP contribution in [0.25, 0.3) is 0 Å². The quantitative estimate of drug-likeness (QED) is 0.363. The van der Waals surface area contributed by atoms with Crippen LogP contribution in [0, 0.1) is 6.92 Å². The molecule has 1 unspecified atom stereocenters. The van der Waals surface area contributed by atoms with Gasteiger partial charge in [-0.3, -0.25) is 4.79 Å². The minimum atomic E-state index is -0.576. The zero-order valence-electron chi connectivity index (χ0n) is 18.2. The number of rotatable bonds is 8. The maximum absolute atomic E-state index is 12.6. The van der Waals surface area contributed by atoms with Gasteiger partial charge in [-0.15, -0.1) is 11.8 Å². The molecule has 0 saturated carbocycles. The van der Waals surface area contributed by atoms with Crippen LogP contribution in [-0.4, -0.2) is 59.8 Å². The molecule has 1 aromatic heterocycles. The van der Waals surface area contributed by atoms with Crippen molar-refractivity contribution in [3.63, 3.8) is 0 Å². The number of likely N-dealkylation sites (N-methyl/N-ethyl adjacent to an activating group) is 1. The highest BCUT2D eigenvalue weighted by Gasteiger charge is 2.24. The summed E-state index contributed by atoms with van der Waals surface area (Å²) in [6.45, 7) is 2.00. The summed E-state index contributed by atoms with van der Waals surface area (Å²) in [6, 6.07) is 14.4. The summed E-state index contributed by atoms with van der Waals surface area (Å²) >= 11 is 1.38. The minimum absolute atomic E-state index is 0.306. The zero-order valence-corrected chi connectivity index (χ0v) is 19.0. The van der Waals surface area contributed by atoms with Crippen molar-refractivity contribution in [3.05, 3.63) is 65.8 Å². The van der Waals surface area contributed by atoms with Crippen LogP contribution in [-0.2, 0) is 15.3 Å². The lowest BCUT2D eigenvalue weighted by Crippen LogP contribution is -2.43. The molecule has 9 nitrogen and oxygen atoms in total. The highest BCUT2D eigenvalue weighted by Crippen LogP contribution is 2.31. The Morgan fingerprint density at radius 3 is 2.70 bits per heavy atom. The number of ether oxygens (including phenoxy) is 3. The smallest absolute Gasteiger partial charge is 0.339 e. The van der Waals surface area contributed by atoms with Gasteiger partial charge in [0.1, 0.15) is 6.61 Å². The second-order valence-corrected chi connectivity index (χ2v) is 8.39. The first-order chi connectivity index (χ1) is 16.0. The van der Waals surface area contributed by atoms with Gasteiger partial charge in [0, 0.05) is 11.9 Å². The summed E-state index contributed by atoms with van der Waals surface area (Å²) < 4.78 is 22.0. The molecule has 33 heavy (non-hydrogen) atoms. The van der Waals surface area contributed by atoms with Crippen LogP contribution in [0.5, 0.6) is 11.5 Å². The number of aryl methyl sites for hydroxylation is 1. The molecule has 0 bridgehead atoms. The van der Waals surface area contributed by atoms with Gasteiger partial charge in [-0.25, -0.2) is 4.79 Å². The van der Waals surface area contributed by atoms with Crippen LogP contribution < -0.4 is 9.47 Å². The summed E-state index contributed by atoms with van der Waals surface area (Å²) in [5.41, 5.74) is 0.370. The number of hydrogen-bond acceptors (Lipinski definition) is 9. The van der Waals surface area contributed by atoms with Crippen molar-refractivity contribution in [1.29, 1.82) is 0 Å². The Bertz CT molecular complexity index is 1130. The van der Waals surface area contributed by atoms with Crippen molar-refractivity contribution in [1.82, 2.24) is 15.0 Å². The van der Waals surface area contributed by atoms with Gasteiger partial charge in [0.15, 0.2) is 30.0 Å². The molecule has 2 aromatic carbocycles. The van der Waals surface area contributed by atoms with Gasteiger partial charge in [-0.05, 0) is 31.2 Å². The second-order valence-electron chi connectivity index (χ2n) is 7.37. The molecule has 1 amide bonds. The first-order valence-corrected chi connectivity index (χ1v) is 11.3. The lowest BCUT2D eigenvalue weighted by Gasteiger charge is -2.29. The molecule has 4 rings (SSSR count). The standard InChI is InChI=1S/C23H23N3O6S/c1-15-24-21(32-25-15)14-33-20-10-6-3-7-17(20)23(28)30-13-22(27)26(2)11-16-12-29-18-8-4-5-9-19(18)31-16/h3-10,16H,11-14H2,1-2H3. The van der Waals surface area contributed by atoms with Crippen molar-refractivity contribution >= 4 is 23.6 Å². The maximum atomic E-state index is 12.6. The van der Waals surface area contributed by atoms with E-state index >= 15 is 0 Å². The predicted molar refractivity (Wildman–Crippen MR) is 119 cm³/mol. The molecule has 0 fully saturated rings. The van der Waals surface area contributed by atoms with Gasteiger partial charge >= 0.3 is 5.97 Å². The number of thioether (sulfide) groups is 1. The van der Waals surface area contributed by atoms with E-state index in [1.807, 2.05) is 30.3 Å². The number of carbonyl (C=O) groups excluding carboxylic acids is 2. The van der Waals surface area contributed by atoms with Crippen molar-refractivity contribution in [2.24, 2.45) is 0 Å². The van der Waals surface area contributed by atoms with Gasteiger partial charge in [0.2, 0.25) is 5.89 Å². The molecule has 2 heterocycles. The normalized spacial score (nSPS) is 14.5. The summed E-state index contributed by atoms with van der Waals surface area (Å²) in [5.74, 6) is 1.85. The molecule has 0 spiro atoms. The molecule has 0 radical (unpaired) electrons. The molecule has 0 saturated heterocycles. The van der Waals surface area contributed by atoms with E-state index in [1.54, 1.807) is 32.2 Å². The number of benzene rings is 2. The van der Waals surface area contributed by atoms with E-state index in [9.17, 15) is 9.59 Å². The molecular formula is C23H23N3O6S. The van der Waals surface area contributed by atoms with Crippen LogP contribution in [0.1, 0.15) is 22.1 Å². The monoisotopic (exact) mass is 469 g/mol. The van der Waals surface area contributed by atoms with E-state index in [4.69, 9.17) is 18.7 Å². The predicted octanol–water partition coefficient (Wildman–Crippen LogP) is 3.13. The molecule has 1 aliphatic rings. The van der Waals surface area contributed by atoms with Crippen molar-refractivity contribution < 1.29 is 28.3 Å². The van der Waals surface area contributed by atoms with Crippen LogP contribution in [0.2, 0.25) is 0 Å². The van der Waals surface area contributed by atoms with E-state index < -0.39 is 5.97 Å². The summed E-state index contributed by atoms with van der Waals surface area (Å²) in [7, 11) is 1.64. The number of carbonyl (C=O) groups is 2.